The van der Waals surface area contributed by atoms with Crippen LogP contribution in [0.5, 0.6) is 0 Å². The van der Waals surface area contributed by atoms with Crippen LogP contribution in [0.25, 0.3) is 0 Å². The second-order valence-corrected chi connectivity index (χ2v) is 5.87. The molecule has 0 heterocycles. The van der Waals surface area contributed by atoms with Crippen molar-refractivity contribution in [1.82, 2.24) is 5.32 Å². The lowest BCUT2D eigenvalue weighted by atomic mass is 9.97. The minimum Gasteiger partial charge on any atom is -0.366 e. The number of rotatable bonds is 14. The van der Waals surface area contributed by atoms with Gasteiger partial charge in [-0.05, 0) is 45.7 Å². The maximum Gasteiger partial charge on any atom is 0.244 e. The maximum absolute atomic E-state index is 11.0. The molecular formula is C17H30N2O3. The molecule has 0 aliphatic heterocycles. The second kappa shape index (κ2) is 13.2. The summed E-state index contributed by atoms with van der Waals surface area (Å²) in [5.41, 5.74) is 5.71. The predicted molar refractivity (Wildman–Crippen MR) is 88.3 cm³/mol. The minimum absolute atomic E-state index is 0.0851. The molecule has 0 aromatic rings. The number of hydrogen-bond acceptors (Lipinski definition) is 4. The van der Waals surface area contributed by atoms with Gasteiger partial charge in [0, 0.05) is 17.4 Å². The van der Waals surface area contributed by atoms with E-state index < -0.39 is 0 Å². The third-order valence-electron chi connectivity index (χ3n) is 3.76. The third-order valence-corrected chi connectivity index (χ3v) is 3.76. The SMILES string of the molecule is C/C(=C\CCNCCC(C=O)CCCCC(C)C=O)C(N)=O. The topological polar surface area (TPSA) is 89.3 Å². The van der Waals surface area contributed by atoms with Crippen LogP contribution >= 0.6 is 0 Å². The van der Waals surface area contributed by atoms with E-state index in [4.69, 9.17) is 5.73 Å². The molecule has 0 bridgehead atoms. The second-order valence-electron chi connectivity index (χ2n) is 5.87. The van der Waals surface area contributed by atoms with E-state index in [9.17, 15) is 14.4 Å². The fraction of sp³-hybridized carbons (Fsp3) is 0.706. The third kappa shape index (κ3) is 11.2. The molecule has 0 spiro atoms. The molecule has 0 aromatic heterocycles. The summed E-state index contributed by atoms with van der Waals surface area (Å²) in [6.45, 7) is 5.18. The fourth-order valence-corrected chi connectivity index (χ4v) is 2.13. The van der Waals surface area contributed by atoms with Crippen LogP contribution in [-0.4, -0.2) is 31.6 Å². The van der Waals surface area contributed by atoms with E-state index in [1.165, 1.54) is 0 Å². The van der Waals surface area contributed by atoms with Crippen molar-refractivity contribution in [3.63, 3.8) is 0 Å². The summed E-state index contributed by atoms with van der Waals surface area (Å²) in [5, 5.41) is 3.26. The highest BCUT2D eigenvalue weighted by Crippen LogP contribution is 2.13. The standard InChI is InChI=1S/C17H30N2O3/c1-14(12-20)6-3-4-8-16(13-21)9-11-19-10-5-7-15(2)17(18)22/h7,12-14,16,19H,3-6,8-11H2,1-2H3,(H2,18,22)/b15-7+. The zero-order chi connectivity index (χ0) is 16.8. The maximum atomic E-state index is 11.0. The quantitative estimate of drug-likeness (QED) is 0.292. The van der Waals surface area contributed by atoms with Crippen LogP contribution in [0.15, 0.2) is 11.6 Å². The molecule has 0 saturated carbocycles. The van der Waals surface area contributed by atoms with Crippen LogP contribution in [0.3, 0.4) is 0 Å². The first-order chi connectivity index (χ1) is 10.5. The van der Waals surface area contributed by atoms with E-state index in [-0.39, 0.29) is 17.7 Å². The lowest BCUT2D eigenvalue weighted by Crippen LogP contribution is -2.20. The first kappa shape index (κ1) is 20.5. The van der Waals surface area contributed by atoms with Crippen LogP contribution < -0.4 is 11.1 Å². The van der Waals surface area contributed by atoms with Gasteiger partial charge >= 0.3 is 0 Å². The number of nitrogens with two attached hydrogens (primary N) is 1. The smallest absolute Gasteiger partial charge is 0.244 e. The molecule has 2 atom stereocenters. The molecule has 0 aliphatic carbocycles. The molecule has 22 heavy (non-hydrogen) atoms. The molecule has 3 N–H and O–H groups in total. The van der Waals surface area contributed by atoms with Crippen molar-refractivity contribution in [3.8, 4) is 0 Å². The highest BCUT2D eigenvalue weighted by atomic mass is 16.1. The predicted octanol–water partition coefficient (Wildman–Crippen LogP) is 2.00. The Morgan fingerprint density at radius 2 is 1.77 bits per heavy atom. The minimum atomic E-state index is -0.384. The van der Waals surface area contributed by atoms with Gasteiger partial charge in [-0.1, -0.05) is 25.8 Å². The molecule has 2 unspecified atom stereocenters. The molecule has 126 valence electrons. The molecule has 0 fully saturated rings. The van der Waals surface area contributed by atoms with Gasteiger partial charge in [0.05, 0.1) is 0 Å². The number of carbonyl (C=O) groups excluding carboxylic acids is 3. The molecule has 0 aromatic carbocycles. The largest absolute Gasteiger partial charge is 0.366 e. The van der Waals surface area contributed by atoms with E-state index in [1.807, 2.05) is 13.0 Å². The normalized spacial score (nSPS) is 14.4. The summed E-state index contributed by atoms with van der Waals surface area (Å²) in [6.07, 6.45) is 9.18. The van der Waals surface area contributed by atoms with Gasteiger partial charge in [-0.3, -0.25) is 4.79 Å². The molecular weight excluding hydrogens is 280 g/mol. The summed E-state index contributed by atoms with van der Waals surface area (Å²) in [7, 11) is 0. The first-order valence-electron chi connectivity index (χ1n) is 8.09. The van der Waals surface area contributed by atoms with Crippen molar-refractivity contribution in [3.05, 3.63) is 11.6 Å². The summed E-state index contributed by atoms with van der Waals surface area (Å²) in [4.78, 5) is 32.3. The van der Waals surface area contributed by atoms with Crippen molar-refractivity contribution in [2.75, 3.05) is 13.1 Å². The highest BCUT2D eigenvalue weighted by Gasteiger charge is 2.07. The van der Waals surface area contributed by atoms with Gasteiger partial charge in [-0.15, -0.1) is 0 Å². The van der Waals surface area contributed by atoms with E-state index in [0.717, 1.165) is 64.2 Å². The average Bonchev–Trinajstić information content (AvgIpc) is 2.51. The van der Waals surface area contributed by atoms with E-state index in [0.29, 0.717) is 5.57 Å². The Kier molecular flexibility index (Phi) is 12.3. The zero-order valence-electron chi connectivity index (χ0n) is 13.8. The summed E-state index contributed by atoms with van der Waals surface area (Å²) in [6, 6.07) is 0. The lowest BCUT2D eigenvalue weighted by molar-refractivity contribution is -0.114. The van der Waals surface area contributed by atoms with Gasteiger partial charge < -0.3 is 20.6 Å². The van der Waals surface area contributed by atoms with Crippen molar-refractivity contribution < 1.29 is 14.4 Å². The van der Waals surface area contributed by atoms with Gasteiger partial charge in [0.25, 0.3) is 0 Å². The Morgan fingerprint density at radius 1 is 1.09 bits per heavy atom. The molecule has 0 aliphatic rings. The Labute approximate surface area is 133 Å². The van der Waals surface area contributed by atoms with E-state index in [2.05, 4.69) is 5.32 Å². The summed E-state index contributed by atoms with van der Waals surface area (Å²) < 4.78 is 0. The monoisotopic (exact) mass is 310 g/mol. The number of carbonyl (C=O) groups is 3. The van der Waals surface area contributed by atoms with Crippen LogP contribution in [0.4, 0.5) is 0 Å². The van der Waals surface area contributed by atoms with Gasteiger partial charge in [0.2, 0.25) is 5.91 Å². The molecule has 5 nitrogen and oxygen atoms in total. The van der Waals surface area contributed by atoms with E-state index in [1.54, 1.807) is 6.92 Å². The Morgan fingerprint density at radius 3 is 2.36 bits per heavy atom. The molecule has 5 heteroatoms. The lowest BCUT2D eigenvalue weighted by Gasteiger charge is -2.11. The van der Waals surface area contributed by atoms with Crippen molar-refractivity contribution in [2.45, 2.75) is 52.4 Å². The Bertz CT molecular complexity index is 367. The van der Waals surface area contributed by atoms with E-state index >= 15 is 0 Å². The van der Waals surface area contributed by atoms with Crippen LogP contribution in [0.2, 0.25) is 0 Å². The highest BCUT2D eigenvalue weighted by molar-refractivity contribution is 5.91. The average molecular weight is 310 g/mol. The van der Waals surface area contributed by atoms with Crippen LogP contribution in [0.1, 0.15) is 52.4 Å². The number of primary amides is 1. The number of hydrogen-bond donors (Lipinski definition) is 2. The van der Waals surface area contributed by atoms with Crippen LogP contribution in [0, 0.1) is 11.8 Å². The van der Waals surface area contributed by atoms with Crippen LogP contribution in [-0.2, 0) is 14.4 Å². The Balaban J connectivity index is 3.65. The van der Waals surface area contributed by atoms with Crippen molar-refractivity contribution >= 4 is 18.5 Å². The first-order valence-corrected chi connectivity index (χ1v) is 8.09. The number of unbranched alkanes of at least 4 members (excludes halogenated alkanes) is 1. The number of aldehydes is 2. The molecule has 1 amide bonds. The van der Waals surface area contributed by atoms with Gasteiger partial charge in [0.1, 0.15) is 12.6 Å². The molecule has 0 saturated heterocycles. The molecule has 0 radical (unpaired) electrons. The molecule has 0 rings (SSSR count). The Hall–Kier alpha value is -1.49. The zero-order valence-corrected chi connectivity index (χ0v) is 13.8. The fourth-order valence-electron chi connectivity index (χ4n) is 2.13. The summed E-state index contributed by atoms with van der Waals surface area (Å²) in [5.74, 6) is -0.180. The van der Waals surface area contributed by atoms with Crippen molar-refractivity contribution in [2.24, 2.45) is 17.6 Å². The summed E-state index contributed by atoms with van der Waals surface area (Å²) >= 11 is 0. The van der Waals surface area contributed by atoms with Gasteiger partial charge in [-0.25, -0.2) is 0 Å². The number of amides is 1. The van der Waals surface area contributed by atoms with Crippen molar-refractivity contribution in [1.29, 1.82) is 0 Å². The number of nitrogens with one attached hydrogen (secondary N) is 1. The van der Waals surface area contributed by atoms with Gasteiger partial charge in [-0.2, -0.15) is 0 Å². The van der Waals surface area contributed by atoms with Gasteiger partial charge in [0.15, 0.2) is 0 Å².